The average Bonchev–Trinajstić information content (AvgIpc) is 2.28. The molecule has 104 valence electrons. The first-order chi connectivity index (χ1) is 8.82. The number of anilines is 1. The third-order valence-electron chi connectivity index (χ3n) is 2.18. The van der Waals surface area contributed by atoms with Crippen LogP contribution in [0.5, 0.6) is 0 Å². The highest BCUT2D eigenvalue weighted by Gasteiger charge is 2.30. The summed E-state index contributed by atoms with van der Waals surface area (Å²) in [5, 5.41) is 3.14. The van der Waals surface area contributed by atoms with E-state index in [9.17, 15) is 13.2 Å². The number of rotatable bonds is 4. The summed E-state index contributed by atoms with van der Waals surface area (Å²) in [6, 6.07) is 4.97. The van der Waals surface area contributed by atoms with Crippen LogP contribution in [0.15, 0.2) is 41.0 Å². The van der Waals surface area contributed by atoms with Gasteiger partial charge in [0.25, 0.3) is 0 Å². The van der Waals surface area contributed by atoms with Crippen molar-refractivity contribution in [3.8, 4) is 0 Å². The van der Waals surface area contributed by atoms with Gasteiger partial charge in [0.05, 0.1) is 5.56 Å². The van der Waals surface area contributed by atoms with Crippen LogP contribution >= 0.6 is 11.6 Å². The summed E-state index contributed by atoms with van der Waals surface area (Å²) in [7, 11) is 0. The van der Waals surface area contributed by atoms with E-state index >= 15 is 0 Å². The molecular weight excluding hydrogens is 277 g/mol. The number of hydrogen-bond acceptors (Lipinski definition) is 2. The largest absolute Gasteiger partial charge is 0.416 e. The van der Waals surface area contributed by atoms with Crippen molar-refractivity contribution >= 4 is 22.5 Å². The second-order valence-corrected chi connectivity index (χ2v) is 4.22. The molecular formula is C13H14ClF3N2. The van der Waals surface area contributed by atoms with E-state index < -0.39 is 11.7 Å². The van der Waals surface area contributed by atoms with Gasteiger partial charge in [-0.25, -0.2) is 0 Å². The first-order valence-corrected chi connectivity index (χ1v) is 6.03. The van der Waals surface area contributed by atoms with Gasteiger partial charge in [0, 0.05) is 17.9 Å². The molecule has 2 nitrogen and oxygen atoms in total. The van der Waals surface area contributed by atoms with Crippen molar-refractivity contribution in [3.63, 3.8) is 0 Å². The summed E-state index contributed by atoms with van der Waals surface area (Å²) >= 11 is 5.80. The van der Waals surface area contributed by atoms with Crippen molar-refractivity contribution in [2.24, 2.45) is 4.99 Å². The van der Waals surface area contributed by atoms with Gasteiger partial charge in [0.15, 0.2) is 0 Å². The number of aliphatic imine (C=N–C) groups is 1. The highest BCUT2D eigenvalue weighted by molar-refractivity contribution is 6.68. The lowest BCUT2D eigenvalue weighted by Gasteiger charge is -2.10. The number of nitrogens with zero attached hydrogens (tertiary/aromatic N) is 1. The maximum atomic E-state index is 12.5. The van der Waals surface area contributed by atoms with Crippen LogP contribution in [0.2, 0.25) is 0 Å². The van der Waals surface area contributed by atoms with Crippen molar-refractivity contribution in [2.75, 3.05) is 11.9 Å². The van der Waals surface area contributed by atoms with Gasteiger partial charge in [-0.2, -0.15) is 13.2 Å². The quantitative estimate of drug-likeness (QED) is 0.800. The lowest BCUT2D eigenvalue weighted by atomic mass is 10.2. The summed E-state index contributed by atoms with van der Waals surface area (Å²) in [5.74, 6) is 0. The van der Waals surface area contributed by atoms with E-state index in [2.05, 4.69) is 10.3 Å². The Morgan fingerprint density at radius 3 is 2.68 bits per heavy atom. The fraction of sp³-hybridized carbons (Fsp3) is 0.308. The molecule has 0 unspecified atom stereocenters. The molecule has 1 rings (SSSR count). The van der Waals surface area contributed by atoms with Gasteiger partial charge in [-0.1, -0.05) is 17.7 Å². The summed E-state index contributed by atoms with van der Waals surface area (Å²) in [4.78, 5) is 3.95. The summed E-state index contributed by atoms with van der Waals surface area (Å²) < 4.78 is 37.6. The molecule has 19 heavy (non-hydrogen) atoms. The van der Waals surface area contributed by atoms with Crippen molar-refractivity contribution in [1.29, 1.82) is 0 Å². The summed E-state index contributed by atoms with van der Waals surface area (Å²) in [6.07, 6.45) is -2.79. The highest BCUT2D eigenvalue weighted by atomic mass is 35.5. The zero-order valence-corrected chi connectivity index (χ0v) is 11.3. The number of allylic oxidation sites excluding steroid dienone is 2. The van der Waals surface area contributed by atoms with Crippen molar-refractivity contribution in [2.45, 2.75) is 20.0 Å². The van der Waals surface area contributed by atoms with Crippen molar-refractivity contribution in [3.05, 3.63) is 41.6 Å². The van der Waals surface area contributed by atoms with Gasteiger partial charge in [0.1, 0.15) is 5.17 Å². The topological polar surface area (TPSA) is 24.4 Å². The van der Waals surface area contributed by atoms with Crippen LogP contribution < -0.4 is 5.32 Å². The van der Waals surface area contributed by atoms with Gasteiger partial charge in [-0.05, 0) is 38.1 Å². The van der Waals surface area contributed by atoms with Crippen LogP contribution in [0.3, 0.4) is 0 Å². The first-order valence-electron chi connectivity index (χ1n) is 5.65. The second kappa shape index (κ2) is 6.61. The van der Waals surface area contributed by atoms with Gasteiger partial charge in [-0.15, -0.1) is 0 Å². The monoisotopic (exact) mass is 290 g/mol. The Morgan fingerprint density at radius 2 is 2.11 bits per heavy atom. The second-order valence-electron chi connectivity index (χ2n) is 3.83. The molecule has 0 aliphatic carbocycles. The number of halogens is 4. The van der Waals surface area contributed by atoms with Crippen molar-refractivity contribution < 1.29 is 13.2 Å². The molecule has 1 N–H and O–H groups in total. The minimum Gasteiger partial charge on any atom is -0.359 e. The highest BCUT2D eigenvalue weighted by Crippen LogP contribution is 2.30. The van der Waals surface area contributed by atoms with Gasteiger partial charge < -0.3 is 5.32 Å². The number of nitrogens with one attached hydrogen (secondary N) is 1. The summed E-state index contributed by atoms with van der Waals surface area (Å²) in [5.41, 5.74) is 0.268. The average molecular weight is 291 g/mol. The van der Waals surface area contributed by atoms with Crippen LogP contribution in [0, 0.1) is 0 Å². The molecule has 1 aromatic rings. The molecule has 0 heterocycles. The predicted octanol–water partition coefficient (Wildman–Crippen LogP) is 4.68. The first kappa shape index (κ1) is 15.6. The fourth-order valence-corrected chi connectivity index (χ4v) is 1.70. The van der Waals surface area contributed by atoms with Gasteiger partial charge >= 0.3 is 6.18 Å². The van der Waals surface area contributed by atoms with Gasteiger partial charge in [0.2, 0.25) is 0 Å². The maximum absolute atomic E-state index is 12.5. The van der Waals surface area contributed by atoms with E-state index in [1.807, 2.05) is 6.92 Å². The lowest BCUT2D eigenvalue weighted by molar-refractivity contribution is -0.137. The standard InChI is InChI=1S/C13H14ClF3N2/c1-3-18-12(14)7-9(2)19-11-6-4-5-10(8-11)13(15,16)17/h4-8,19H,3H2,1-2H3/b9-7+,18-12+. The van der Waals surface area contributed by atoms with Gasteiger partial charge in [-0.3, -0.25) is 4.99 Å². The third kappa shape index (κ3) is 5.34. The molecule has 0 aromatic heterocycles. The van der Waals surface area contributed by atoms with Crippen LogP contribution in [0.1, 0.15) is 19.4 Å². The van der Waals surface area contributed by atoms with E-state index in [0.29, 0.717) is 23.1 Å². The Morgan fingerprint density at radius 1 is 1.42 bits per heavy atom. The third-order valence-corrected chi connectivity index (χ3v) is 2.40. The Labute approximate surface area is 115 Å². The molecule has 0 saturated carbocycles. The molecule has 1 aromatic carbocycles. The fourth-order valence-electron chi connectivity index (χ4n) is 1.41. The van der Waals surface area contributed by atoms with E-state index in [-0.39, 0.29) is 0 Å². The van der Waals surface area contributed by atoms with E-state index in [1.54, 1.807) is 19.1 Å². The van der Waals surface area contributed by atoms with Crippen LogP contribution in [0.25, 0.3) is 0 Å². The molecule has 0 spiro atoms. The van der Waals surface area contributed by atoms with E-state index in [1.165, 1.54) is 6.07 Å². The number of alkyl halides is 3. The number of benzene rings is 1. The zero-order chi connectivity index (χ0) is 14.5. The predicted molar refractivity (Wildman–Crippen MR) is 72.7 cm³/mol. The van der Waals surface area contributed by atoms with Crippen LogP contribution in [-0.2, 0) is 6.18 Å². The Bertz CT molecular complexity index is 493. The van der Waals surface area contributed by atoms with Crippen LogP contribution in [0.4, 0.5) is 18.9 Å². The van der Waals surface area contributed by atoms with E-state index in [0.717, 1.165) is 12.1 Å². The lowest BCUT2D eigenvalue weighted by Crippen LogP contribution is -2.06. The molecule has 0 radical (unpaired) electrons. The Balaban J connectivity index is 2.86. The van der Waals surface area contributed by atoms with Crippen LogP contribution in [-0.4, -0.2) is 11.7 Å². The molecule has 0 amide bonds. The Hall–Kier alpha value is -1.49. The molecule has 0 aliphatic heterocycles. The molecule has 0 saturated heterocycles. The normalized spacial score (nSPS) is 13.6. The molecule has 0 atom stereocenters. The molecule has 0 bridgehead atoms. The minimum atomic E-state index is -4.35. The minimum absolute atomic E-state index is 0.305. The van der Waals surface area contributed by atoms with E-state index in [4.69, 9.17) is 11.6 Å². The molecule has 0 fully saturated rings. The molecule has 6 heteroatoms. The van der Waals surface area contributed by atoms with Crippen molar-refractivity contribution in [1.82, 2.24) is 0 Å². The Kier molecular flexibility index (Phi) is 5.42. The maximum Gasteiger partial charge on any atom is 0.416 e. The SMILES string of the molecule is CC/N=C(Cl)\C=C(/C)Nc1cccc(C(F)(F)F)c1. The smallest absolute Gasteiger partial charge is 0.359 e. The molecule has 0 aliphatic rings. The summed E-state index contributed by atoms with van der Waals surface area (Å²) in [6.45, 7) is 4.09. The zero-order valence-electron chi connectivity index (χ0n) is 10.6. The number of hydrogen-bond donors (Lipinski definition) is 1.